The van der Waals surface area contributed by atoms with E-state index in [1.54, 1.807) is 17.8 Å². The molecule has 25 heavy (non-hydrogen) atoms. The highest BCUT2D eigenvalue weighted by Crippen LogP contribution is 2.23. The molecule has 0 radical (unpaired) electrons. The average molecular weight is 352 g/mol. The third-order valence-corrected chi connectivity index (χ3v) is 5.59. The van der Waals surface area contributed by atoms with Crippen molar-refractivity contribution in [2.24, 2.45) is 5.92 Å². The molecule has 0 saturated carbocycles. The first-order valence-corrected chi connectivity index (χ1v) is 10.1. The molecule has 0 amide bonds. The van der Waals surface area contributed by atoms with E-state index in [2.05, 4.69) is 36.1 Å². The van der Waals surface area contributed by atoms with Gasteiger partial charge in [-0.05, 0) is 73.1 Å². The van der Waals surface area contributed by atoms with Gasteiger partial charge in [-0.15, -0.1) is 11.8 Å². The molecule has 2 nitrogen and oxygen atoms in total. The molecule has 0 unspecified atom stereocenters. The molecule has 3 heteroatoms. The number of thioether (sulfide) groups is 1. The van der Waals surface area contributed by atoms with Gasteiger partial charge in [0.25, 0.3) is 0 Å². The van der Waals surface area contributed by atoms with Gasteiger partial charge in [0.15, 0.2) is 5.78 Å². The monoisotopic (exact) mass is 351 g/mol. The molecule has 2 aromatic carbocycles. The summed E-state index contributed by atoms with van der Waals surface area (Å²) in [5.74, 6) is 0.885. The standard InChI is InChI=1S/C22H25NOS/c1-17-13-15-23(16-14-17)20-8-3-18(4-9-20)5-12-22(24)19-6-10-21(25-2)11-7-19/h3-12,17H,13-16H2,1-2H3/b12-5+. The first-order valence-electron chi connectivity index (χ1n) is 8.87. The molecular weight excluding hydrogens is 326 g/mol. The summed E-state index contributed by atoms with van der Waals surface area (Å²) in [6.07, 6.45) is 8.13. The smallest absolute Gasteiger partial charge is 0.185 e. The van der Waals surface area contributed by atoms with Gasteiger partial charge in [-0.1, -0.05) is 25.1 Å². The van der Waals surface area contributed by atoms with Crippen LogP contribution in [-0.4, -0.2) is 25.1 Å². The molecule has 0 bridgehead atoms. The van der Waals surface area contributed by atoms with Crippen LogP contribution in [0.1, 0.15) is 35.7 Å². The number of anilines is 1. The van der Waals surface area contributed by atoms with E-state index in [-0.39, 0.29) is 5.78 Å². The van der Waals surface area contributed by atoms with Gasteiger partial charge in [-0.25, -0.2) is 0 Å². The Hall–Kier alpha value is -2.00. The second kappa shape index (κ2) is 8.39. The molecule has 0 atom stereocenters. The van der Waals surface area contributed by atoms with E-state index in [1.807, 2.05) is 36.6 Å². The fourth-order valence-corrected chi connectivity index (χ4v) is 3.49. The van der Waals surface area contributed by atoms with Crippen LogP contribution in [0.5, 0.6) is 0 Å². The highest BCUT2D eigenvalue weighted by atomic mass is 32.2. The summed E-state index contributed by atoms with van der Waals surface area (Å²) < 4.78 is 0. The fraction of sp³-hybridized carbons (Fsp3) is 0.318. The van der Waals surface area contributed by atoms with Crippen molar-refractivity contribution in [3.8, 4) is 0 Å². The summed E-state index contributed by atoms with van der Waals surface area (Å²) in [7, 11) is 0. The Bertz CT molecular complexity index is 726. The quantitative estimate of drug-likeness (QED) is 0.401. The van der Waals surface area contributed by atoms with Crippen LogP contribution >= 0.6 is 11.8 Å². The van der Waals surface area contributed by atoms with Gasteiger partial charge < -0.3 is 4.90 Å². The van der Waals surface area contributed by atoms with Crippen molar-refractivity contribution < 1.29 is 4.79 Å². The zero-order chi connectivity index (χ0) is 17.6. The first kappa shape index (κ1) is 17.8. The van der Waals surface area contributed by atoms with Crippen molar-refractivity contribution in [3.63, 3.8) is 0 Å². The highest BCUT2D eigenvalue weighted by Gasteiger charge is 2.15. The van der Waals surface area contributed by atoms with E-state index >= 15 is 0 Å². The van der Waals surface area contributed by atoms with Crippen molar-refractivity contribution >= 4 is 29.3 Å². The summed E-state index contributed by atoms with van der Waals surface area (Å²) in [5, 5.41) is 0. The molecule has 0 N–H and O–H groups in total. The van der Waals surface area contributed by atoms with Crippen LogP contribution in [0.2, 0.25) is 0 Å². The lowest BCUT2D eigenvalue weighted by molar-refractivity contribution is 0.104. The van der Waals surface area contributed by atoms with Gasteiger partial charge in [-0.2, -0.15) is 0 Å². The van der Waals surface area contributed by atoms with Gasteiger partial charge in [-0.3, -0.25) is 4.79 Å². The first-order chi connectivity index (χ1) is 12.2. The third kappa shape index (κ3) is 4.76. The van der Waals surface area contributed by atoms with Crippen LogP contribution in [0.25, 0.3) is 6.08 Å². The fourth-order valence-electron chi connectivity index (χ4n) is 3.09. The number of carbonyl (C=O) groups excluding carboxylic acids is 1. The number of hydrogen-bond donors (Lipinski definition) is 0. The molecule has 130 valence electrons. The molecular formula is C22H25NOS. The Balaban J connectivity index is 1.62. The second-order valence-corrected chi connectivity index (χ2v) is 7.57. The summed E-state index contributed by atoms with van der Waals surface area (Å²) >= 11 is 1.68. The number of benzene rings is 2. The summed E-state index contributed by atoms with van der Waals surface area (Å²) in [5.41, 5.74) is 3.07. The largest absolute Gasteiger partial charge is 0.372 e. The normalized spacial score (nSPS) is 15.7. The predicted octanol–water partition coefficient (Wildman–Crippen LogP) is 5.54. The summed E-state index contributed by atoms with van der Waals surface area (Å²) in [4.78, 5) is 15.9. The molecule has 1 aliphatic rings. The number of carbonyl (C=O) groups is 1. The summed E-state index contributed by atoms with van der Waals surface area (Å²) in [6, 6.07) is 16.3. The molecule has 2 aromatic rings. The molecule has 0 spiro atoms. The second-order valence-electron chi connectivity index (χ2n) is 6.69. The zero-order valence-corrected chi connectivity index (χ0v) is 15.8. The molecule has 3 rings (SSSR count). The molecule has 1 saturated heterocycles. The van der Waals surface area contributed by atoms with Gasteiger partial charge in [0.05, 0.1) is 0 Å². The maximum atomic E-state index is 12.3. The minimum absolute atomic E-state index is 0.0433. The third-order valence-electron chi connectivity index (χ3n) is 4.84. The van der Waals surface area contributed by atoms with Gasteiger partial charge in [0.2, 0.25) is 0 Å². The average Bonchev–Trinajstić information content (AvgIpc) is 2.67. The van der Waals surface area contributed by atoms with Crippen LogP contribution in [-0.2, 0) is 0 Å². The Kier molecular flexibility index (Phi) is 5.98. The lowest BCUT2D eigenvalue weighted by atomic mass is 9.98. The Morgan fingerprint density at radius 2 is 1.68 bits per heavy atom. The van der Waals surface area contributed by atoms with E-state index in [9.17, 15) is 4.79 Å². The maximum absolute atomic E-state index is 12.3. The van der Waals surface area contributed by atoms with Gasteiger partial charge >= 0.3 is 0 Å². The highest BCUT2D eigenvalue weighted by molar-refractivity contribution is 7.98. The summed E-state index contributed by atoms with van der Waals surface area (Å²) in [6.45, 7) is 4.61. The SMILES string of the molecule is CSc1ccc(C(=O)/C=C/c2ccc(N3CCC(C)CC3)cc2)cc1. The van der Waals surface area contributed by atoms with Crippen LogP contribution in [0.3, 0.4) is 0 Å². The van der Waals surface area contributed by atoms with Crippen LogP contribution in [0, 0.1) is 5.92 Å². The molecule has 1 heterocycles. The Labute approximate surface area is 154 Å². The van der Waals surface area contributed by atoms with Crippen molar-refractivity contribution in [3.05, 3.63) is 65.7 Å². The number of nitrogens with zero attached hydrogens (tertiary/aromatic N) is 1. The van der Waals surface area contributed by atoms with Gasteiger partial charge in [0.1, 0.15) is 0 Å². The Morgan fingerprint density at radius 1 is 1.04 bits per heavy atom. The van der Waals surface area contributed by atoms with Crippen molar-refractivity contribution in [1.82, 2.24) is 0 Å². The van der Waals surface area contributed by atoms with Crippen molar-refractivity contribution in [1.29, 1.82) is 0 Å². The number of hydrogen-bond acceptors (Lipinski definition) is 3. The molecule has 0 aromatic heterocycles. The van der Waals surface area contributed by atoms with Crippen molar-refractivity contribution in [2.45, 2.75) is 24.7 Å². The number of allylic oxidation sites excluding steroid dienone is 1. The van der Waals surface area contributed by atoms with E-state index in [0.717, 1.165) is 30.1 Å². The predicted molar refractivity (Wildman–Crippen MR) is 109 cm³/mol. The van der Waals surface area contributed by atoms with Crippen LogP contribution in [0.4, 0.5) is 5.69 Å². The minimum atomic E-state index is 0.0433. The number of rotatable bonds is 5. The van der Waals surface area contributed by atoms with E-state index < -0.39 is 0 Å². The lowest BCUT2D eigenvalue weighted by Gasteiger charge is -2.32. The number of ketones is 1. The van der Waals surface area contributed by atoms with Crippen LogP contribution in [0.15, 0.2) is 59.5 Å². The van der Waals surface area contributed by atoms with Gasteiger partial charge in [0, 0.05) is 29.2 Å². The lowest BCUT2D eigenvalue weighted by Crippen LogP contribution is -2.32. The topological polar surface area (TPSA) is 20.3 Å². The molecule has 0 aliphatic carbocycles. The maximum Gasteiger partial charge on any atom is 0.185 e. The van der Waals surface area contributed by atoms with Crippen LogP contribution < -0.4 is 4.90 Å². The number of piperidine rings is 1. The molecule has 1 fully saturated rings. The zero-order valence-electron chi connectivity index (χ0n) is 14.9. The molecule has 1 aliphatic heterocycles. The van der Waals surface area contributed by atoms with E-state index in [0.29, 0.717) is 0 Å². The van der Waals surface area contributed by atoms with Crippen molar-refractivity contribution in [2.75, 3.05) is 24.2 Å². The van der Waals surface area contributed by atoms with E-state index in [4.69, 9.17) is 0 Å². The van der Waals surface area contributed by atoms with E-state index in [1.165, 1.54) is 23.4 Å². The minimum Gasteiger partial charge on any atom is -0.372 e. The Morgan fingerprint density at radius 3 is 2.28 bits per heavy atom.